The molecule has 0 fully saturated rings. The number of benzene rings is 2. The van der Waals surface area contributed by atoms with Gasteiger partial charge in [0.05, 0.1) is 21.6 Å². The van der Waals surface area contributed by atoms with Crippen LogP contribution in [0.25, 0.3) is 28.1 Å². The van der Waals surface area contributed by atoms with E-state index in [2.05, 4.69) is 9.97 Å². The van der Waals surface area contributed by atoms with Gasteiger partial charge in [-0.25, -0.2) is 4.98 Å². The molecule has 130 valence electrons. The van der Waals surface area contributed by atoms with Crippen LogP contribution in [0.5, 0.6) is 0 Å². The number of imidazole rings is 1. The molecule has 0 aliphatic heterocycles. The summed E-state index contributed by atoms with van der Waals surface area (Å²) in [5, 5.41) is -0.358. The lowest BCUT2D eigenvalue weighted by molar-refractivity contribution is -0.137. The average molecular weight is 374 g/mol. The van der Waals surface area contributed by atoms with E-state index in [1.165, 1.54) is 6.07 Å². The number of hydrogen-bond acceptors (Lipinski definition) is 2. The first-order valence-electron chi connectivity index (χ1n) is 7.70. The van der Waals surface area contributed by atoms with Crippen molar-refractivity contribution >= 4 is 22.6 Å². The van der Waals surface area contributed by atoms with Crippen molar-refractivity contribution in [3.63, 3.8) is 0 Å². The molecular weight excluding hydrogens is 363 g/mol. The number of para-hydroxylation sites is 1. The van der Waals surface area contributed by atoms with Gasteiger partial charge in [0, 0.05) is 23.6 Å². The van der Waals surface area contributed by atoms with E-state index in [0.717, 1.165) is 17.3 Å². The van der Waals surface area contributed by atoms with Crippen molar-refractivity contribution in [3.8, 4) is 17.1 Å². The van der Waals surface area contributed by atoms with Crippen LogP contribution < -0.4 is 0 Å². The highest BCUT2D eigenvalue weighted by atomic mass is 35.5. The van der Waals surface area contributed by atoms with E-state index in [1.54, 1.807) is 29.1 Å². The maximum atomic E-state index is 13.2. The number of fused-ring (bicyclic) bond motifs is 1. The molecule has 7 heteroatoms. The van der Waals surface area contributed by atoms with Crippen molar-refractivity contribution < 1.29 is 13.2 Å². The van der Waals surface area contributed by atoms with Crippen LogP contribution in [0, 0.1) is 0 Å². The molecule has 0 radical (unpaired) electrons. The van der Waals surface area contributed by atoms with Gasteiger partial charge < -0.3 is 0 Å². The SMILES string of the molecule is FC(F)(F)c1cc2nc(-c3ccncc3)n(-c3ccccc3)c2cc1Cl. The van der Waals surface area contributed by atoms with E-state index in [0.29, 0.717) is 11.3 Å². The van der Waals surface area contributed by atoms with Crippen LogP contribution in [-0.4, -0.2) is 14.5 Å². The predicted molar refractivity (Wildman–Crippen MR) is 94.3 cm³/mol. The summed E-state index contributed by atoms with van der Waals surface area (Å²) in [4.78, 5) is 8.43. The third kappa shape index (κ3) is 2.82. The van der Waals surface area contributed by atoms with Crippen molar-refractivity contribution in [1.82, 2.24) is 14.5 Å². The van der Waals surface area contributed by atoms with Gasteiger partial charge in [0.15, 0.2) is 0 Å². The van der Waals surface area contributed by atoms with Crippen LogP contribution >= 0.6 is 11.6 Å². The first-order valence-corrected chi connectivity index (χ1v) is 8.08. The van der Waals surface area contributed by atoms with Gasteiger partial charge in [0.25, 0.3) is 0 Å². The standard InChI is InChI=1S/C19H11ClF3N3/c20-15-11-17-16(10-14(15)19(21,22)23)25-18(12-6-8-24-9-7-12)26(17)13-4-2-1-3-5-13/h1-11H. The average Bonchev–Trinajstić information content (AvgIpc) is 3.00. The highest BCUT2D eigenvalue weighted by Crippen LogP contribution is 2.38. The van der Waals surface area contributed by atoms with Crippen molar-refractivity contribution in [2.24, 2.45) is 0 Å². The molecule has 4 rings (SSSR count). The summed E-state index contributed by atoms with van der Waals surface area (Å²) < 4.78 is 41.4. The summed E-state index contributed by atoms with van der Waals surface area (Å²) in [6.07, 6.45) is -1.32. The molecule has 0 saturated heterocycles. The Bertz CT molecular complexity index is 1070. The minimum Gasteiger partial charge on any atom is -0.292 e. The fraction of sp³-hybridized carbons (Fsp3) is 0.0526. The van der Waals surface area contributed by atoms with E-state index in [4.69, 9.17) is 11.6 Å². The summed E-state index contributed by atoms with van der Waals surface area (Å²) in [6, 6.07) is 15.1. The number of hydrogen-bond donors (Lipinski definition) is 0. The smallest absolute Gasteiger partial charge is 0.292 e. The lowest BCUT2D eigenvalue weighted by atomic mass is 10.2. The van der Waals surface area contributed by atoms with E-state index in [1.807, 2.05) is 30.3 Å². The van der Waals surface area contributed by atoms with Crippen molar-refractivity contribution in [2.75, 3.05) is 0 Å². The fourth-order valence-electron chi connectivity index (χ4n) is 2.85. The quantitative estimate of drug-likeness (QED) is 0.447. The maximum absolute atomic E-state index is 13.2. The van der Waals surface area contributed by atoms with E-state index >= 15 is 0 Å². The largest absolute Gasteiger partial charge is 0.417 e. The molecule has 2 aromatic carbocycles. The minimum atomic E-state index is -4.54. The molecule has 0 bridgehead atoms. The molecule has 0 unspecified atom stereocenters. The predicted octanol–water partition coefficient (Wildman–Crippen LogP) is 5.76. The summed E-state index contributed by atoms with van der Waals surface area (Å²) in [5.41, 5.74) is 1.34. The van der Waals surface area contributed by atoms with Crippen LogP contribution in [0.3, 0.4) is 0 Å². The topological polar surface area (TPSA) is 30.7 Å². The summed E-state index contributed by atoms with van der Waals surface area (Å²) >= 11 is 5.93. The van der Waals surface area contributed by atoms with E-state index in [-0.39, 0.29) is 10.5 Å². The van der Waals surface area contributed by atoms with Crippen molar-refractivity contribution in [3.05, 3.63) is 77.6 Å². The third-order valence-electron chi connectivity index (χ3n) is 4.00. The first kappa shape index (κ1) is 16.6. The molecule has 0 aliphatic rings. The van der Waals surface area contributed by atoms with Crippen molar-refractivity contribution in [1.29, 1.82) is 0 Å². The van der Waals surface area contributed by atoms with Crippen LogP contribution in [0.15, 0.2) is 67.0 Å². The highest BCUT2D eigenvalue weighted by molar-refractivity contribution is 6.32. The lowest BCUT2D eigenvalue weighted by Crippen LogP contribution is -2.06. The normalized spacial score (nSPS) is 11.8. The number of pyridine rings is 1. The highest BCUT2D eigenvalue weighted by Gasteiger charge is 2.34. The molecule has 0 amide bonds. The summed E-state index contributed by atoms with van der Waals surface area (Å²) in [6.45, 7) is 0. The zero-order valence-corrected chi connectivity index (χ0v) is 14.0. The second-order valence-corrected chi connectivity index (χ2v) is 6.07. The molecule has 3 nitrogen and oxygen atoms in total. The van der Waals surface area contributed by atoms with Gasteiger partial charge in [-0.2, -0.15) is 13.2 Å². The number of aromatic nitrogens is 3. The molecule has 0 spiro atoms. The van der Waals surface area contributed by atoms with Gasteiger partial charge in [-0.1, -0.05) is 29.8 Å². The molecule has 0 aliphatic carbocycles. The van der Waals surface area contributed by atoms with Crippen LogP contribution in [0.1, 0.15) is 5.56 Å². The third-order valence-corrected chi connectivity index (χ3v) is 4.31. The lowest BCUT2D eigenvalue weighted by Gasteiger charge is -2.11. The van der Waals surface area contributed by atoms with Crippen LogP contribution in [0.2, 0.25) is 5.02 Å². The Kier molecular flexibility index (Phi) is 3.92. The molecule has 4 aromatic rings. The van der Waals surface area contributed by atoms with Gasteiger partial charge in [0.2, 0.25) is 0 Å². The van der Waals surface area contributed by atoms with Gasteiger partial charge in [-0.05, 0) is 36.4 Å². The zero-order valence-electron chi connectivity index (χ0n) is 13.2. The summed E-state index contributed by atoms with van der Waals surface area (Å²) in [5.74, 6) is 0.518. The second-order valence-electron chi connectivity index (χ2n) is 5.66. The molecule has 2 aromatic heterocycles. The van der Waals surface area contributed by atoms with Gasteiger partial charge >= 0.3 is 6.18 Å². The second kappa shape index (κ2) is 6.14. The Balaban J connectivity index is 2.07. The minimum absolute atomic E-state index is 0.220. The number of nitrogens with zero attached hydrogens (tertiary/aromatic N) is 3. The molecule has 26 heavy (non-hydrogen) atoms. The van der Waals surface area contributed by atoms with Crippen LogP contribution in [-0.2, 0) is 6.18 Å². The van der Waals surface area contributed by atoms with Gasteiger partial charge in [-0.3, -0.25) is 9.55 Å². The van der Waals surface area contributed by atoms with Gasteiger partial charge in [0.1, 0.15) is 5.82 Å². The molecular formula is C19H11ClF3N3. The Morgan fingerprint density at radius 1 is 0.923 bits per heavy atom. The Hall–Kier alpha value is -2.86. The number of rotatable bonds is 2. The number of alkyl halides is 3. The molecule has 2 heterocycles. The molecule has 0 saturated carbocycles. The van der Waals surface area contributed by atoms with Crippen LogP contribution in [0.4, 0.5) is 13.2 Å². The number of halogens is 4. The fourth-order valence-corrected chi connectivity index (χ4v) is 3.11. The van der Waals surface area contributed by atoms with Gasteiger partial charge in [-0.15, -0.1) is 0 Å². The maximum Gasteiger partial charge on any atom is 0.417 e. The Morgan fingerprint density at radius 3 is 2.27 bits per heavy atom. The first-order chi connectivity index (χ1) is 12.4. The van der Waals surface area contributed by atoms with E-state index in [9.17, 15) is 13.2 Å². The molecule has 0 N–H and O–H groups in total. The Morgan fingerprint density at radius 2 is 1.62 bits per heavy atom. The van der Waals surface area contributed by atoms with E-state index < -0.39 is 11.7 Å². The summed E-state index contributed by atoms with van der Waals surface area (Å²) in [7, 11) is 0. The zero-order chi connectivity index (χ0) is 18.3. The van der Waals surface area contributed by atoms with Crippen molar-refractivity contribution in [2.45, 2.75) is 6.18 Å². The molecule has 0 atom stereocenters. The monoisotopic (exact) mass is 373 g/mol. The Labute approximate surface area is 151 Å².